The fraction of sp³-hybridized carbons (Fsp3) is 0.172. The van der Waals surface area contributed by atoms with Crippen LogP contribution in [-0.4, -0.2) is 48.6 Å². The lowest BCUT2D eigenvalue weighted by Gasteiger charge is -2.23. The Morgan fingerprint density at radius 1 is 0.974 bits per heavy atom. The molecule has 1 N–H and O–H groups in total. The van der Waals surface area contributed by atoms with Crippen LogP contribution in [0.25, 0.3) is 16.0 Å². The van der Waals surface area contributed by atoms with Crippen LogP contribution in [0.5, 0.6) is 11.5 Å². The monoisotopic (exact) mass is 544 g/mol. The van der Waals surface area contributed by atoms with Crippen molar-refractivity contribution in [3.63, 3.8) is 0 Å². The average molecular weight is 545 g/mol. The fourth-order valence-corrected chi connectivity index (χ4v) is 5.44. The van der Waals surface area contributed by atoms with Crippen molar-refractivity contribution in [1.82, 2.24) is 4.98 Å². The summed E-state index contributed by atoms with van der Waals surface area (Å²) in [7, 11) is 2.84. The van der Waals surface area contributed by atoms with Crippen molar-refractivity contribution in [3.8, 4) is 11.5 Å². The molecule has 1 unspecified atom stereocenters. The summed E-state index contributed by atoms with van der Waals surface area (Å²) in [5.41, 5.74) is 1.69. The van der Waals surface area contributed by atoms with E-state index in [0.29, 0.717) is 40.3 Å². The summed E-state index contributed by atoms with van der Waals surface area (Å²) in [5, 5.41) is 11.6. The highest BCUT2D eigenvalue weighted by molar-refractivity contribution is 7.22. The minimum Gasteiger partial charge on any atom is -0.507 e. The van der Waals surface area contributed by atoms with Gasteiger partial charge in [0.15, 0.2) is 5.13 Å². The summed E-state index contributed by atoms with van der Waals surface area (Å²) in [4.78, 5) is 44.8. The minimum absolute atomic E-state index is 0.0909. The molecule has 0 bridgehead atoms. The van der Waals surface area contributed by atoms with E-state index < -0.39 is 23.7 Å². The number of Topliss-reactive ketones (excluding diaryl/α,β-unsaturated/α-hetero) is 1. The molecule has 1 aliphatic rings. The zero-order valence-electron chi connectivity index (χ0n) is 21.3. The number of ketones is 1. The molecule has 9 nitrogen and oxygen atoms in total. The number of amides is 1. The van der Waals surface area contributed by atoms with E-state index in [-0.39, 0.29) is 16.5 Å². The number of aliphatic hydroxyl groups excluding tert-OH is 1. The van der Waals surface area contributed by atoms with Gasteiger partial charge in [0, 0.05) is 5.56 Å². The van der Waals surface area contributed by atoms with Gasteiger partial charge in [0.05, 0.1) is 48.2 Å². The van der Waals surface area contributed by atoms with Gasteiger partial charge in [-0.2, -0.15) is 0 Å². The Balaban J connectivity index is 1.67. The molecule has 1 amide bonds. The summed E-state index contributed by atoms with van der Waals surface area (Å²) < 4.78 is 16.3. The highest BCUT2D eigenvalue weighted by Gasteiger charge is 2.48. The molecule has 10 heteroatoms. The maximum absolute atomic E-state index is 13.5. The second-order valence-electron chi connectivity index (χ2n) is 8.57. The van der Waals surface area contributed by atoms with Crippen LogP contribution in [0.3, 0.4) is 0 Å². The van der Waals surface area contributed by atoms with Gasteiger partial charge in [-0.3, -0.25) is 14.5 Å². The second-order valence-corrected chi connectivity index (χ2v) is 9.58. The number of methoxy groups -OCH3 is 2. The van der Waals surface area contributed by atoms with E-state index in [1.807, 2.05) is 6.92 Å². The Hall–Kier alpha value is -4.70. The van der Waals surface area contributed by atoms with Gasteiger partial charge in [-0.25, -0.2) is 9.78 Å². The van der Waals surface area contributed by atoms with Crippen molar-refractivity contribution in [2.45, 2.75) is 13.0 Å². The van der Waals surface area contributed by atoms with Crippen molar-refractivity contribution in [2.24, 2.45) is 0 Å². The Kier molecular flexibility index (Phi) is 7.03. The van der Waals surface area contributed by atoms with E-state index in [2.05, 4.69) is 4.98 Å². The third kappa shape index (κ3) is 4.70. The Morgan fingerprint density at radius 2 is 1.64 bits per heavy atom. The summed E-state index contributed by atoms with van der Waals surface area (Å²) in [6, 6.07) is 17.3. The highest BCUT2D eigenvalue weighted by atomic mass is 32.1. The number of carbonyl (C=O) groups excluding carboxylic acids is 3. The zero-order valence-corrected chi connectivity index (χ0v) is 22.2. The molecule has 1 aliphatic heterocycles. The molecule has 1 saturated heterocycles. The van der Waals surface area contributed by atoms with E-state index in [1.165, 1.54) is 23.3 Å². The normalized spacial score (nSPS) is 16.5. The first kappa shape index (κ1) is 25.9. The first-order chi connectivity index (χ1) is 18.9. The van der Waals surface area contributed by atoms with Crippen molar-refractivity contribution >= 4 is 50.1 Å². The molecule has 5 rings (SSSR count). The molecule has 198 valence electrons. The van der Waals surface area contributed by atoms with Gasteiger partial charge in [0.25, 0.3) is 5.78 Å². The van der Waals surface area contributed by atoms with E-state index in [1.54, 1.807) is 73.8 Å². The van der Waals surface area contributed by atoms with Crippen LogP contribution in [-0.2, 0) is 14.3 Å². The maximum atomic E-state index is 13.5. The number of esters is 1. The number of aliphatic hydroxyl groups is 1. The second kappa shape index (κ2) is 10.6. The first-order valence-corrected chi connectivity index (χ1v) is 12.8. The van der Waals surface area contributed by atoms with Crippen LogP contribution in [0, 0.1) is 0 Å². The number of ether oxygens (including phenoxy) is 3. The maximum Gasteiger partial charge on any atom is 0.337 e. The van der Waals surface area contributed by atoms with Crippen LogP contribution in [0.1, 0.15) is 34.5 Å². The number of hydrogen-bond donors (Lipinski definition) is 1. The van der Waals surface area contributed by atoms with Crippen LogP contribution < -0.4 is 14.4 Å². The number of hydrogen-bond acceptors (Lipinski definition) is 9. The number of benzene rings is 3. The fourth-order valence-electron chi connectivity index (χ4n) is 4.42. The Bertz CT molecular complexity index is 1610. The molecule has 2 heterocycles. The lowest BCUT2D eigenvalue weighted by Crippen LogP contribution is -2.29. The van der Waals surface area contributed by atoms with E-state index in [9.17, 15) is 19.5 Å². The molecule has 1 aromatic heterocycles. The third-order valence-electron chi connectivity index (χ3n) is 6.32. The topological polar surface area (TPSA) is 115 Å². The van der Waals surface area contributed by atoms with Crippen LogP contribution in [0.15, 0.2) is 72.3 Å². The minimum atomic E-state index is -0.995. The summed E-state index contributed by atoms with van der Waals surface area (Å²) in [6.07, 6.45) is 0. The number of rotatable bonds is 7. The average Bonchev–Trinajstić information content (AvgIpc) is 3.50. The molecular weight excluding hydrogens is 520 g/mol. The molecule has 1 fully saturated rings. The van der Waals surface area contributed by atoms with Gasteiger partial charge in [-0.15, -0.1) is 0 Å². The van der Waals surface area contributed by atoms with Gasteiger partial charge in [-0.05, 0) is 67.1 Å². The summed E-state index contributed by atoms with van der Waals surface area (Å²) in [6.45, 7) is 2.34. The zero-order chi connectivity index (χ0) is 27.7. The number of aromatic nitrogens is 1. The number of carbonyl (C=O) groups is 3. The molecule has 4 aromatic rings. The van der Waals surface area contributed by atoms with Crippen molar-refractivity contribution in [2.75, 3.05) is 25.7 Å². The number of thiazole rings is 1. The molecule has 1 atom stereocenters. The lowest BCUT2D eigenvalue weighted by molar-refractivity contribution is -0.132. The largest absolute Gasteiger partial charge is 0.507 e. The van der Waals surface area contributed by atoms with Gasteiger partial charge in [0.2, 0.25) is 0 Å². The first-order valence-electron chi connectivity index (χ1n) is 12.0. The summed E-state index contributed by atoms with van der Waals surface area (Å²) in [5.74, 6) is -1.29. The standard InChI is InChI=1S/C29H24N2O7S/c1-4-38-19-11-9-17(10-12-19)25(32)23-24(16-5-7-18(8-6-16)28(35)37-3)31(27(34)26(23)33)29-30-21-14-13-20(36-2)15-22(21)39-29/h5-15,24,32H,4H2,1-3H3/b25-23+. The lowest BCUT2D eigenvalue weighted by atomic mass is 9.94. The summed E-state index contributed by atoms with van der Waals surface area (Å²) >= 11 is 1.22. The molecule has 0 saturated carbocycles. The van der Waals surface area contributed by atoms with Crippen molar-refractivity contribution in [3.05, 3.63) is 89.0 Å². The van der Waals surface area contributed by atoms with Gasteiger partial charge < -0.3 is 19.3 Å². The third-order valence-corrected chi connectivity index (χ3v) is 7.34. The van der Waals surface area contributed by atoms with Crippen LogP contribution in [0.2, 0.25) is 0 Å². The quantitative estimate of drug-likeness (QED) is 0.148. The Labute approximate surface area is 227 Å². The molecule has 3 aromatic carbocycles. The predicted octanol–water partition coefficient (Wildman–Crippen LogP) is 5.12. The van der Waals surface area contributed by atoms with E-state index in [4.69, 9.17) is 14.2 Å². The van der Waals surface area contributed by atoms with Gasteiger partial charge in [0.1, 0.15) is 17.3 Å². The van der Waals surface area contributed by atoms with Crippen LogP contribution in [0.4, 0.5) is 5.13 Å². The Morgan fingerprint density at radius 3 is 2.28 bits per heavy atom. The van der Waals surface area contributed by atoms with Gasteiger partial charge in [-0.1, -0.05) is 23.5 Å². The smallest absolute Gasteiger partial charge is 0.337 e. The highest BCUT2D eigenvalue weighted by Crippen LogP contribution is 2.44. The van der Waals surface area contributed by atoms with Crippen molar-refractivity contribution in [1.29, 1.82) is 0 Å². The number of fused-ring (bicyclic) bond motifs is 1. The number of nitrogens with zero attached hydrogens (tertiary/aromatic N) is 2. The molecule has 0 aliphatic carbocycles. The van der Waals surface area contributed by atoms with Crippen LogP contribution >= 0.6 is 11.3 Å². The molecule has 0 radical (unpaired) electrons. The van der Waals surface area contributed by atoms with Crippen molar-refractivity contribution < 1.29 is 33.7 Å². The predicted molar refractivity (Wildman–Crippen MR) is 146 cm³/mol. The molecular formula is C29H24N2O7S. The molecule has 39 heavy (non-hydrogen) atoms. The van der Waals surface area contributed by atoms with E-state index in [0.717, 1.165) is 4.70 Å². The number of anilines is 1. The van der Waals surface area contributed by atoms with E-state index >= 15 is 0 Å². The molecule has 0 spiro atoms. The SMILES string of the molecule is CCOc1ccc(/C(O)=C2\C(=O)C(=O)N(c3nc4ccc(OC)cc4s3)C2c2ccc(C(=O)OC)cc2)cc1. The van der Waals surface area contributed by atoms with Gasteiger partial charge >= 0.3 is 11.9 Å².